The van der Waals surface area contributed by atoms with E-state index in [2.05, 4.69) is 4.90 Å². The molecule has 0 amide bonds. The van der Waals surface area contributed by atoms with E-state index in [4.69, 9.17) is 14.9 Å². The second-order valence-corrected chi connectivity index (χ2v) is 6.68. The molecule has 148 valence electrons. The van der Waals surface area contributed by atoms with Crippen LogP contribution in [0.1, 0.15) is 12.0 Å². The first kappa shape index (κ1) is 19.7. The number of benzene rings is 2. The van der Waals surface area contributed by atoms with Crippen LogP contribution in [-0.2, 0) is 6.54 Å². The smallest absolute Gasteiger partial charge is 0.235 e. The Morgan fingerprint density at radius 2 is 1.86 bits per heavy atom. The number of nitrogens with zero attached hydrogens (tertiary/aromatic N) is 1. The molecule has 2 aromatic carbocycles. The summed E-state index contributed by atoms with van der Waals surface area (Å²) >= 11 is 0. The fraction of sp³-hybridized carbons (Fsp3) is 0.286. The van der Waals surface area contributed by atoms with Gasteiger partial charge in [0.1, 0.15) is 0 Å². The predicted molar refractivity (Wildman–Crippen MR) is 108 cm³/mol. The standard InChI is InChI=1S/C21H24N2O5/c1-23(11-3-10-22)12-13-4-6-14(7-5-13)19-18(26)17(25)15-8-9-16(24)21(27-2)20(15)28-19/h4-9,24,26H,3,10-12,22H2,1-2H3. The Labute approximate surface area is 162 Å². The molecule has 0 fully saturated rings. The molecular formula is C21H24N2O5. The summed E-state index contributed by atoms with van der Waals surface area (Å²) in [5.74, 6) is -0.544. The van der Waals surface area contributed by atoms with E-state index in [1.807, 2.05) is 19.2 Å². The Bertz CT molecular complexity index is 1030. The van der Waals surface area contributed by atoms with Crippen LogP contribution in [0.15, 0.2) is 45.6 Å². The molecule has 1 aromatic heterocycles. The molecule has 7 nitrogen and oxygen atoms in total. The van der Waals surface area contributed by atoms with Gasteiger partial charge in [-0.15, -0.1) is 0 Å². The lowest BCUT2D eigenvalue weighted by atomic mass is 10.1. The average Bonchev–Trinajstić information content (AvgIpc) is 2.69. The van der Waals surface area contributed by atoms with Crippen molar-refractivity contribution < 1.29 is 19.4 Å². The maximum absolute atomic E-state index is 12.6. The molecule has 0 unspecified atom stereocenters. The highest BCUT2D eigenvalue weighted by Gasteiger charge is 2.19. The zero-order valence-corrected chi connectivity index (χ0v) is 15.9. The number of nitrogens with two attached hydrogens (primary N) is 1. The third-order valence-electron chi connectivity index (χ3n) is 4.59. The monoisotopic (exact) mass is 384 g/mol. The summed E-state index contributed by atoms with van der Waals surface area (Å²) in [6, 6.07) is 10.1. The maximum Gasteiger partial charge on any atom is 0.235 e. The molecule has 0 bridgehead atoms. The Hall–Kier alpha value is -3.03. The number of ether oxygens (including phenoxy) is 1. The van der Waals surface area contributed by atoms with Crippen molar-refractivity contribution in [3.63, 3.8) is 0 Å². The topological polar surface area (TPSA) is 109 Å². The van der Waals surface area contributed by atoms with Crippen LogP contribution in [0.3, 0.4) is 0 Å². The molecule has 3 rings (SSSR count). The van der Waals surface area contributed by atoms with Gasteiger partial charge in [-0.25, -0.2) is 0 Å². The predicted octanol–water partition coefficient (Wildman–Crippen LogP) is 2.66. The fourth-order valence-electron chi connectivity index (χ4n) is 3.12. The second kappa shape index (κ2) is 8.33. The van der Waals surface area contributed by atoms with E-state index in [1.54, 1.807) is 12.1 Å². The highest BCUT2D eigenvalue weighted by atomic mass is 16.5. The average molecular weight is 384 g/mol. The molecule has 3 aromatic rings. The Morgan fingerprint density at radius 3 is 2.50 bits per heavy atom. The van der Waals surface area contributed by atoms with Crippen molar-refractivity contribution in [3.05, 3.63) is 52.2 Å². The van der Waals surface area contributed by atoms with Gasteiger partial charge < -0.3 is 30.0 Å². The summed E-state index contributed by atoms with van der Waals surface area (Å²) in [5.41, 5.74) is 6.68. The first-order valence-electron chi connectivity index (χ1n) is 9.00. The number of phenols is 1. The molecule has 0 atom stereocenters. The number of rotatable bonds is 7. The Morgan fingerprint density at radius 1 is 1.14 bits per heavy atom. The third-order valence-corrected chi connectivity index (χ3v) is 4.59. The highest BCUT2D eigenvalue weighted by Crippen LogP contribution is 2.38. The number of methoxy groups -OCH3 is 1. The van der Waals surface area contributed by atoms with E-state index in [0.29, 0.717) is 12.1 Å². The molecule has 0 spiro atoms. The zero-order chi connectivity index (χ0) is 20.3. The number of fused-ring (bicyclic) bond motifs is 1. The summed E-state index contributed by atoms with van der Waals surface area (Å²) in [6.07, 6.45) is 0.930. The first-order chi connectivity index (χ1) is 13.5. The van der Waals surface area contributed by atoms with Crippen molar-refractivity contribution in [2.75, 3.05) is 27.2 Å². The van der Waals surface area contributed by atoms with E-state index in [0.717, 1.165) is 25.1 Å². The van der Waals surface area contributed by atoms with Crippen LogP contribution in [0.2, 0.25) is 0 Å². The minimum absolute atomic E-state index is 0.0319. The molecule has 0 aliphatic carbocycles. The third kappa shape index (κ3) is 3.81. The molecule has 0 aliphatic rings. The van der Waals surface area contributed by atoms with E-state index in [9.17, 15) is 15.0 Å². The number of phenolic OH excluding ortho intramolecular Hbond substituents is 1. The van der Waals surface area contributed by atoms with Gasteiger partial charge in [-0.3, -0.25) is 4.79 Å². The zero-order valence-electron chi connectivity index (χ0n) is 15.9. The van der Waals surface area contributed by atoms with Crippen molar-refractivity contribution >= 4 is 11.0 Å². The number of aromatic hydroxyl groups is 2. The minimum atomic E-state index is -0.583. The van der Waals surface area contributed by atoms with Crippen molar-refractivity contribution in [1.29, 1.82) is 0 Å². The van der Waals surface area contributed by atoms with Gasteiger partial charge in [-0.2, -0.15) is 0 Å². The summed E-state index contributed by atoms with van der Waals surface area (Å²) in [5, 5.41) is 20.4. The minimum Gasteiger partial charge on any atom is -0.504 e. The van der Waals surface area contributed by atoms with Crippen LogP contribution in [0.25, 0.3) is 22.3 Å². The fourth-order valence-corrected chi connectivity index (χ4v) is 3.12. The van der Waals surface area contributed by atoms with Gasteiger partial charge in [-0.1, -0.05) is 24.3 Å². The molecule has 0 saturated heterocycles. The molecule has 4 N–H and O–H groups in total. The SMILES string of the molecule is COc1c(O)ccc2c(=O)c(O)c(-c3ccc(CN(C)CCCN)cc3)oc12. The quantitative estimate of drug-likeness (QED) is 0.574. The Kier molecular flexibility index (Phi) is 5.87. The van der Waals surface area contributed by atoms with E-state index in [1.165, 1.54) is 19.2 Å². The molecule has 7 heteroatoms. The molecule has 0 saturated carbocycles. The van der Waals surface area contributed by atoms with Gasteiger partial charge in [0.2, 0.25) is 16.9 Å². The van der Waals surface area contributed by atoms with Crippen molar-refractivity contribution in [2.24, 2.45) is 5.73 Å². The molecule has 1 heterocycles. The van der Waals surface area contributed by atoms with Crippen LogP contribution < -0.4 is 15.9 Å². The molecular weight excluding hydrogens is 360 g/mol. The molecule has 28 heavy (non-hydrogen) atoms. The summed E-state index contributed by atoms with van der Waals surface area (Å²) in [7, 11) is 3.40. The van der Waals surface area contributed by atoms with Gasteiger partial charge in [0, 0.05) is 12.1 Å². The number of hydrogen-bond donors (Lipinski definition) is 3. The summed E-state index contributed by atoms with van der Waals surface area (Å²) < 4.78 is 10.9. The molecule has 0 aliphatic heterocycles. The van der Waals surface area contributed by atoms with Crippen molar-refractivity contribution in [1.82, 2.24) is 4.90 Å². The van der Waals surface area contributed by atoms with E-state index >= 15 is 0 Å². The second-order valence-electron chi connectivity index (χ2n) is 6.68. The van der Waals surface area contributed by atoms with E-state index < -0.39 is 11.2 Å². The lowest BCUT2D eigenvalue weighted by Gasteiger charge is -2.16. The van der Waals surface area contributed by atoms with Crippen molar-refractivity contribution in [3.8, 4) is 28.6 Å². The lowest BCUT2D eigenvalue weighted by Crippen LogP contribution is -2.21. The lowest BCUT2D eigenvalue weighted by molar-refractivity contribution is 0.324. The van der Waals surface area contributed by atoms with E-state index in [-0.39, 0.29) is 28.2 Å². The normalized spacial score (nSPS) is 11.3. The largest absolute Gasteiger partial charge is 0.504 e. The van der Waals surface area contributed by atoms with Crippen LogP contribution in [-0.4, -0.2) is 42.4 Å². The van der Waals surface area contributed by atoms with Crippen LogP contribution in [0, 0.1) is 0 Å². The van der Waals surface area contributed by atoms with Crippen molar-refractivity contribution in [2.45, 2.75) is 13.0 Å². The van der Waals surface area contributed by atoms with Crippen LogP contribution in [0.5, 0.6) is 17.2 Å². The van der Waals surface area contributed by atoms with Crippen LogP contribution in [0.4, 0.5) is 0 Å². The van der Waals surface area contributed by atoms with Crippen LogP contribution >= 0.6 is 0 Å². The van der Waals surface area contributed by atoms with Gasteiger partial charge in [0.05, 0.1) is 12.5 Å². The van der Waals surface area contributed by atoms with Gasteiger partial charge in [-0.05, 0) is 44.3 Å². The summed E-state index contributed by atoms with van der Waals surface area (Å²) in [6.45, 7) is 2.32. The van der Waals surface area contributed by atoms with Gasteiger partial charge >= 0.3 is 0 Å². The first-order valence-corrected chi connectivity index (χ1v) is 9.00. The summed E-state index contributed by atoms with van der Waals surface area (Å²) in [4.78, 5) is 14.7. The molecule has 0 radical (unpaired) electrons. The van der Waals surface area contributed by atoms with Gasteiger partial charge in [0.15, 0.2) is 17.1 Å². The maximum atomic E-state index is 12.6. The number of hydrogen-bond acceptors (Lipinski definition) is 7. The highest BCUT2D eigenvalue weighted by molar-refractivity contribution is 5.88. The van der Waals surface area contributed by atoms with Gasteiger partial charge in [0.25, 0.3) is 0 Å². The Balaban J connectivity index is 1.99.